The molecule has 2 aliphatic rings. The summed E-state index contributed by atoms with van der Waals surface area (Å²) in [6.07, 6.45) is 3.80. The first-order valence-corrected chi connectivity index (χ1v) is 8.60. The fourth-order valence-corrected chi connectivity index (χ4v) is 5.07. The highest BCUT2D eigenvalue weighted by molar-refractivity contribution is 9.10. The van der Waals surface area contributed by atoms with Crippen molar-refractivity contribution in [1.29, 1.82) is 0 Å². The van der Waals surface area contributed by atoms with Crippen LogP contribution in [0.3, 0.4) is 0 Å². The molecule has 1 amide bonds. The van der Waals surface area contributed by atoms with Gasteiger partial charge in [-0.25, -0.2) is 0 Å². The molecule has 3 atom stereocenters. The number of rotatable bonds is 2. The first kappa shape index (κ1) is 15.1. The van der Waals surface area contributed by atoms with Gasteiger partial charge in [0.15, 0.2) is 0 Å². The Bertz CT molecular complexity index is 590. The van der Waals surface area contributed by atoms with Crippen LogP contribution in [0.1, 0.15) is 56.0 Å². The van der Waals surface area contributed by atoms with Crippen LogP contribution in [0.5, 0.6) is 0 Å². The number of halogens is 1. The number of benzene rings is 1. The summed E-state index contributed by atoms with van der Waals surface area (Å²) in [7, 11) is 0. The van der Waals surface area contributed by atoms with Crippen molar-refractivity contribution in [2.45, 2.75) is 53.0 Å². The minimum atomic E-state index is 0.0700. The molecule has 3 heteroatoms. The Kier molecular flexibility index (Phi) is 3.47. The average molecular weight is 350 g/mol. The van der Waals surface area contributed by atoms with Crippen LogP contribution >= 0.6 is 15.9 Å². The molecule has 0 spiro atoms. The molecule has 2 nitrogen and oxygen atoms in total. The van der Waals surface area contributed by atoms with Gasteiger partial charge in [0, 0.05) is 16.1 Å². The highest BCUT2D eigenvalue weighted by Gasteiger charge is 2.59. The molecule has 0 heterocycles. The van der Waals surface area contributed by atoms with E-state index in [1.807, 2.05) is 25.1 Å². The summed E-state index contributed by atoms with van der Waals surface area (Å²) in [4.78, 5) is 12.7. The van der Waals surface area contributed by atoms with E-state index in [1.54, 1.807) is 0 Å². The summed E-state index contributed by atoms with van der Waals surface area (Å²) in [5.41, 5.74) is 2.28. The van der Waals surface area contributed by atoms with Gasteiger partial charge in [0.25, 0.3) is 5.91 Å². The van der Waals surface area contributed by atoms with Crippen molar-refractivity contribution in [3.63, 3.8) is 0 Å². The fourth-order valence-electron chi connectivity index (χ4n) is 4.71. The van der Waals surface area contributed by atoms with Gasteiger partial charge in [-0.2, -0.15) is 0 Å². The van der Waals surface area contributed by atoms with E-state index in [0.717, 1.165) is 21.5 Å². The Labute approximate surface area is 135 Å². The Hall–Kier alpha value is -0.830. The molecule has 2 aliphatic carbocycles. The predicted molar refractivity (Wildman–Crippen MR) is 89.4 cm³/mol. The predicted octanol–water partition coefficient (Wildman–Crippen LogP) is 4.70. The first-order valence-electron chi connectivity index (χ1n) is 7.81. The highest BCUT2D eigenvalue weighted by Crippen LogP contribution is 2.62. The molecule has 1 aromatic carbocycles. The summed E-state index contributed by atoms with van der Waals surface area (Å²) in [6, 6.07) is 6.17. The molecule has 1 N–H and O–H groups in total. The third-order valence-electron chi connectivity index (χ3n) is 5.99. The quantitative estimate of drug-likeness (QED) is 0.823. The zero-order valence-corrected chi connectivity index (χ0v) is 14.9. The molecule has 3 unspecified atom stereocenters. The third-order valence-corrected chi connectivity index (χ3v) is 6.48. The Morgan fingerprint density at radius 2 is 2.05 bits per heavy atom. The van der Waals surface area contributed by atoms with Gasteiger partial charge in [-0.1, -0.05) is 42.8 Å². The van der Waals surface area contributed by atoms with E-state index in [1.165, 1.54) is 19.3 Å². The van der Waals surface area contributed by atoms with E-state index in [9.17, 15) is 4.79 Å². The van der Waals surface area contributed by atoms with Crippen LogP contribution in [-0.4, -0.2) is 11.9 Å². The number of carbonyl (C=O) groups excluding carboxylic acids is 1. The van der Waals surface area contributed by atoms with Crippen molar-refractivity contribution in [2.75, 3.05) is 0 Å². The Balaban J connectivity index is 1.86. The molecular formula is C18H24BrNO. The van der Waals surface area contributed by atoms with Crippen molar-refractivity contribution in [3.05, 3.63) is 33.8 Å². The Morgan fingerprint density at radius 1 is 1.33 bits per heavy atom. The SMILES string of the molecule is Cc1ccc(Br)cc1C(=O)NC1C2(C)CCC(C2)C1(C)C. The molecule has 3 rings (SSSR count). The van der Waals surface area contributed by atoms with Gasteiger partial charge in [0.2, 0.25) is 0 Å². The van der Waals surface area contributed by atoms with Crippen molar-refractivity contribution >= 4 is 21.8 Å². The number of hydrogen-bond donors (Lipinski definition) is 1. The van der Waals surface area contributed by atoms with Crippen LogP contribution in [0.2, 0.25) is 0 Å². The van der Waals surface area contributed by atoms with Crippen LogP contribution in [-0.2, 0) is 0 Å². The van der Waals surface area contributed by atoms with E-state index < -0.39 is 0 Å². The number of hydrogen-bond acceptors (Lipinski definition) is 1. The van der Waals surface area contributed by atoms with Gasteiger partial charge >= 0.3 is 0 Å². The lowest BCUT2D eigenvalue weighted by Crippen LogP contribution is -2.52. The van der Waals surface area contributed by atoms with Gasteiger partial charge in [-0.3, -0.25) is 4.79 Å². The minimum Gasteiger partial charge on any atom is -0.348 e. The number of carbonyl (C=O) groups is 1. The van der Waals surface area contributed by atoms with Gasteiger partial charge in [-0.05, 0) is 60.6 Å². The van der Waals surface area contributed by atoms with E-state index in [0.29, 0.717) is 0 Å². The second-order valence-corrected chi connectivity index (χ2v) is 8.70. The average Bonchev–Trinajstić information content (AvgIpc) is 2.88. The molecule has 0 radical (unpaired) electrons. The molecule has 0 aliphatic heterocycles. The monoisotopic (exact) mass is 349 g/mol. The Morgan fingerprint density at radius 3 is 2.67 bits per heavy atom. The molecule has 2 bridgehead atoms. The molecule has 114 valence electrons. The lowest BCUT2D eigenvalue weighted by Gasteiger charge is -2.43. The zero-order valence-electron chi connectivity index (χ0n) is 13.3. The summed E-state index contributed by atoms with van der Waals surface area (Å²) in [5.74, 6) is 0.817. The van der Waals surface area contributed by atoms with Gasteiger partial charge in [0.1, 0.15) is 0 Å². The van der Waals surface area contributed by atoms with E-state index in [2.05, 4.69) is 42.0 Å². The first-order chi connectivity index (χ1) is 9.74. The van der Waals surface area contributed by atoms with E-state index in [4.69, 9.17) is 0 Å². The highest BCUT2D eigenvalue weighted by atomic mass is 79.9. The van der Waals surface area contributed by atoms with Crippen LogP contribution in [0, 0.1) is 23.7 Å². The van der Waals surface area contributed by atoms with Crippen LogP contribution in [0.4, 0.5) is 0 Å². The molecule has 21 heavy (non-hydrogen) atoms. The van der Waals surface area contributed by atoms with Gasteiger partial charge in [0.05, 0.1) is 0 Å². The zero-order chi connectivity index (χ0) is 15.4. The smallest absolute Gasteiger partial charge is 0.251 e. The van der Waals surface area contributed by atoms with Crippen molar-refractivity contribution < 1.29 is 4.79 Å². The number of fused-ring (bicyclic) bond motifs is 2. The second kappa shape index (κ2) is 4.84. The van der Waals surface area contributed by atoms with E-state index in [-0.39, 0.29) is 22.8 Å². The maximum Gasteiger partial charge on any atom is 0.251 e. The lowest BCUT2D eigenvalue weighted by atomic mass is 9.68. The number of amides is 1. The molecule has 2 fully saturated rings. The largest absolute Gasteiger partial charge is 0.348 e. The van der Waals surface area contributed by atoms with Crippen molar-refractivity contribution in [1.82, 2.24) is 5.32 Å². The van der Waals surface area contributed by atoms with Crippen molar-refractivity contribution in [3.8, 4) is 0 Å². The summed E-state index contributed by atoms with van der Waals surface area (Å²) in [5, 5.41) is 3.37. The maximum absolute atomic E-state index is 12.7. The van der Waals surface area contributed by atoms with Crippen LogP contribution in [0.15, 0.2) is 22.7 Å². The topological polar surface area (TPSA) is 29.1 Å². The number of aryl methyl sites for hydroxylation is 1. The summed E-state index contributed by atoms with van der Waals surface area (Å²) < 4.78 is 0.955. The number of nitrogens with one attached hydrogen (secondary N) is 1. The van der Waals surface area contributed by atoms with Crippen LogP contribution in [0.25, 0.3) is 0 Å². The second-order valence-electron chi connectivity index (χ2n) is 7.78. The standard InChI is InChI=1S/C18H24BrNO/c1-11-5-6-13(19)9-14(11)15(21)20-16-17(2,3)12-7-8-18(16,4)10-12/h5-6,9,12,16H,7-8,10H2,1-4H3,(H,20,21). The molecular weight excluding hydrogens is 326 g/mol. The normalized spacial score (nSPS) is 33.2. The fraction of sp³-hybridized carbons (Fsp3) is 0.611. The van der Waals surface area contributed by atoms with Gasteiger partial charge < -0.3 is 5.32 Å². The van der Waals surface area contributed by atoms with Crippen LogP contribution < -0.4 is 5.32 Å². The molecule has 1 aromatic rings. The summed E-state index contributed by atoms with van der Waals surface area (Å²) in [6.45, 7) is 8.98. The molecule has 0 aromatic heterocycles. The maximum atomic E-state index is 12.7. The lowest BCUT2D eigenvalue weighted by molar-refractivity contribution is 0.0737. The van der Waals surface area contributed by atoms with Gasteiger partial charge in [-0.15, -0.1) is 0 Å². The van der Waals surface area contributed by atoms with Crippen molar-refractivity contribution in [2.24, 2.45) is 16.7 Å². The minimum absolute atomic E-state index is 0.0700. The van der Waals surface area contributed by atoms with E-state index >= 15 is 0 Å². The molecule has 0 saturated heterocycles. The summed E-state index contributed by atoms with van der Waals surface area (Å²) >= 11 is 3.46. The molecule has 2 saturated carbocycles. The third kappa shape index (κ3) is 2.34.